The zero-order chi connectivity index (χ0) is 9.73. The van der Waals surface area contributed by atoms with Gasteiger partial charge in [-0.15, -0.1) is 0 Å². The van der Waals surface area contributed by atoms with Gasteiger partial charge in [-0.3, -0.25) is 0 Å². The largest absolute Gasteiger partial charge is 0.417 e. The molecule has 0 atom stereocenters. The van der Waals surface area contributed by atoms with E-state index in [0.717, 1.165) is 0 Å². The maximum Gasteiger partial charge on any atom is 0.210 e. The summed E-state index contributed by atoms with van der Waals surface area (Å²) < 4.78 is 5.41. The minimum absolute atomic E-state index is 1.24. The molecule has 1 nitrogen and oxygen atoms in total. The zero-order valence-corrected chi connectivity index (χ0v) is 9.45. The fourth-order valence-electron chi connectivity index (χ4n) is 0.929. The van der Waals surface area contributed by atoms with Crippen LogP contribution in [0.5, 0.6) is 0 Å². The summed E-state index contributed by atoms with van der Waals surface area (Å²) in [5.74, 6) is 0. The molecule has 13 heavy (non-hydrogen) atoms. The van der Waals surface area contributed by atoms with Crippen LogP contribution >= 0.6 is 0 Å². The Bertz CT molecular complexity index is 277. The average Bonchev–Trinajstić information content (AvgIpc) is 2.17. The van der Waals surface area contributed by atoms with Crippen molar-refractivity contribution in [1.82, 2.24) is 0 Å². The highest BCUT2D eigenvalue weighted by atomic mass is 28.4. The van der Waals surface area contributed by atoms with Crippen LogP contribution in [0.2, 0.25) is 13.1 Å². The molecular weight excluding hydrogens is 176 g/mol. The van der Waals surface area contributed by atoms with E-state index in [1.54, 1.807) is 7.11 Å². The van der Waals surface area contributed by atoms with Gasteiger partial charge in [-0.05, 0) is 18.7 Å². The molecule has 0 amide bonds. The Labute approximate surface area is 81.2 Å². The molecule has 2 heteroatoms. The lowest BCUT2D eigenvalue weighted by atomic mass is 10.2. The average molecular weight is 192 g/mol. The van der Waals surface area contributed by atoms with Crippen LogP contribution in [0.3, 0.4) is 0 Å². The molecule has 1 rings (SSSR count). The molecule has 1 aromatic carbocycles. The lowest BCUT2D eigenvalue weighted by Crippen LogP contribution is -2.25. The molecule has 0 aliphatic heterocycles. The van der Waals surface area contributed by atoms with Gasteiger partial charge in [0, 0.05) is 7.11 Å². The van der Waals surface area contributed by atoms with Crippen molar-refractivity contribution in [2.75, 3.05) is 7.11 Å². The molecule has 0 aromatic heterocycles. The minimum atomic E-state index is -1.54. The highest BCUT2D eigenvalue weighted by Crippen LogP contribution is 2.08. The van der Waals surface area contributed by atoms with Gasteiger partial charge in [0.2, 0.25) is 8.32 Å². The van der Waals surface area contributed by atoms with Gasteiger partial charge >= 0.3 is 0 Å². The monoisotopic (exact) mass is 192 g/mol. The Balaban J connectivity index is 2.69. The molecule has 0 aliphatic rings. The molecule has 0 unspecified atom stereocenters. The molecule has 0 heterocycles. The second kappa shape index (κ2) is 4.39. The molecular formula is C11H16OSi. The lowest BCUT2D eigenvalue weighted by molar-refractivity contribution is 0.415. The molecule has 0 N–H and O–H groups in total. The van der Waals surface area contributed by atoms with Crippen LogP contribution < -0.4 is 0 Å². The van der Waals surface area contributed by atoms with Crippen LogP contribution in [0.25, 0.3) is 6.08 Å². The molecule has 70 valence electrons. The third-order valence-corrected chi connectivity index (χ3v) is 4.02. The van der Waals surface area contributed by atoms with Crippen LogP contribution in [0.4, 0.5) is 0 Å². The quantitative estimate of drug-likeness (QED) is 0.669. The van der Waals surface area contributed by atoms with Crippen molar-refractivity contribution in [1.29, 1.82) is 0 Å². The predicted octanol–water partition coefficient (Wildman–Crippen LogP) is 3.09. The van der Waals surface area contributed by atoms with E-state index in [1.807, 2.05) is 18.2 Å². The van der Waals surface area contributed by atoms with E-state index in [2.05, 4.69) is 37.0 Å². The van der Waals surface area contributed by atoms with Crippen molar-refractivity contribution in [3.8, 4) is 0 Å². The molecule has 0 radical (unpaired) electrons. The Kier molecular flexibility index (Phi) is 3.45. The summed E-state index contributed by atoms with van der Waals surface area (Å²) >= 11 is 0. The van der Waals surface area contributed by atoms with Crippen LogP contribution in [0.1, 0.15) is 5.56 Å². The molecule has 0 fully saturated rings. The molecule has 0 bridgehead atoms. The van der Waals surface area contributed by atoms with Crippen molar-refractivity contribution in [2.45, 2.75) is 13.1 Å². The van der Waals surface area contributed by atoms with Gasteiger partial charge in [0.1, 0.15) is 0 Å². The number of hydrogen-bond acceptors (Lipinski definition) is 1. The second-order valence-corrected chi connectivity index (χ2v) is 7.50. The molecule has 1 aromatic rings. The Morgan fingerprint density at radius 2 is 1.77 bits per heavy atom. The Morgan fingerprint density at radius 3 is 2.31 bits per heavy atom. The van der Waals surface area contributed by atoms with Crippen molar-refractivity contribution >= 4 is 14.4 Å². The van der Waals surface area contributed by atoms with Crippen LogP contribution in [-0.2, 0) is 4.43 Å². The molecule has 0 saturated carbocycles. The van der Waals surface area contributed by atoms with Crippen LogP contribution in [0, 0.1) is 0 Å². The smallest absolute Gasteiger partial charge is 0.210 e. The van der Waals surface area contributed by atoms with Crippen molar-refractivity contribution in [3.05, 3.63) is 41.6 Å². The number of rotatable bonds is 3. The maximum atomic E-state index is 5.41. The Morgan fingerprint density at radius 1 is 1.15 bits per heavy atom. The maximum absolute atomic E-state index is 5.41. The summed E-state index contributed by atoms with van der Waals surface area (Å²) in [5.41, 5.74) is 3.43. The van der Waals surface area contributed by atoms with Gasteiger partial charge in [0.15, 0.2) is 0 Å². The summed E-state index contributed by atoms with van der Waals surface area (Å²) in [5, 5.41) is 0. The van der Waals surface area contributed by atoms with Gasteiger partial charge in [0.05, 0.1) is 0 Å². The summed E-state index contributed by atoms with van der Waals surface area (Å²) in [6.45, 7) is 4.35. The SMILES string of the molecule is CO[Si](C)(C)C=Cc1ccccc1. The summed E-state index contributed by atoms with van der Waals surface area (Å²) in [7, 11) is 0.239. The number of benzene rings is 1. The van der Waals surface area contributed by atoms with Crippen molar-refractivity contribution in [2.24, 2.45) is 0 Å². The van der Waals surface area contributed by atoms with Crippen LogP contribution in [0.15, 0.2) is 36.0 Å². The first-order valence-corrected chi connectivity index (χ1v) is 7.42. The first-order chi connectivity index (χ1) is 6.14. The van der Waals surface area contributed by atoms with Crippen LogP contribution in [-0.4, -0.2) is 15.4 Å². The van der Waals surface area contributed by atoms with E-state index in [-0.39, 0.29) is 0 Å². The zero-order valence-electron chi connectivity index (χ0n) is 8.45. The van der Waals surface area contributed by atoms with Gasteiger partial charge in [-0.2, -0.15) is 0 Å². The van der Waals surface area contributed by atoms with E-state index in [1.165, 1.54) is 5.56 Å². The van der Waals surface area contributed by atoms with E-state index >= 15 is 0 Å². The summed E-state index contributed by atoms with van der Waals surface area (Å²) in [4.78, 5) is 0. The second-order valence-electron chi connectivity index (χ2n) is 3.55. The topological polar surface area (TPSA) is 9.23 Å². The standard InChI is InChI=1S/C11H16OSi/c1-12-13(2,3)10-9-11-7-5-4-6-8-11/h4-10H,1-3H3. The normalized spacial score (nSPS) is 12.2. The third-order valence-electron chi connectivity index (χ3n) is 2.00. The van der Waals surface area contributed by atoms with E-state index in [0.29, 0.717) is 0 Å². The van der Waals surface area contributed by atoms with Gasteiger partial charge in [0.25, 0.3) is 0 Å². The summed E-state index contributed by atoms with van der Waals surface area (Å²) in [6.07, 6.45) is 2.13. The van der Waals surface area contributed by atoms with Gasteiger partial charge in [-0.1, -0.05) is 42.1 Å². The summed E-state index contributed by atoms with van der Waals surface area (Å²) in [6, 6.07) is 10.3. The fourth-order valence-corrected chi connectivity index (χ4v) is 1.66. The predicted molar refractivity (Wildman–Crippen MR) is 60.0 cm³/mol. The number of hydrogen-bond donors (Lipinski definition) is 0. The Hall–Kier alpha value is -0.863. The van der Waals surface area contributed by atoms with Gasteiger partial charge < -0.3 is 4.43 Å². The van der Waals surface area contributed by atoms with E-state index in [9.17, 15) is 0 Å². The minimum Gasteiger partial charge on any atom is -0.417 e. The van der Waals surface area contributed by atoms with Crippen molar-refractivity contribution < 1.29 is 4.43 Å². The van der Waals surface area contributed by atoms with Gasteiger partial charge in [-0.25, -0.2) is 0 Å². The highest BCUT2D eigenvalue weighted by Gasteiger charge is 2.14. The van der Waals surface area contributed by atoms with E-state index in [4.69, 9.17) is 4.43 Å². The fraction of sp³-hybridized carbons (Fsp3) is 0.273. The first kappa shape index (κ1) is 10.2. The molecule has 0 aliphatic carbocycles. The molecule has 0 spiro atoms. The van der Waals surface area contributed by atoms with E-state index < -0.39 is 8.32 Å². The first-order valence-electron chi connectivity index (χ1n) is 4.43. The third kappa shape index (κ3) is 3.57. The molecule has 0 saturated heterocycles. The highest BCUT2D eigenvalue weighted by molar-refractivity contribution is 6.76. The lowest BCUT2D eigenvalue weighted by Gasteiger charge is -2.13. The van der Waals surface area contributed by atoms with Crippen molar-refractivity contribution in [3.63, 3.8) is 0 Å².